The molecule has 0 spiro atoms. The number of nitrogens with zero attached hydrogens (tertiary/aromatic N) is 3. The Hall–Kier alpha value is -1.91. The van der Waals surface area contributed by atoms with Gasteiger partial charge in [0, 0.05) is 16.8 Å². The molecular formula is C9H7AuCoN3O7. The Morgan fingerprint density at radius 3 is 1.76 bits per heavy atom. The van der Waals surface area contributed by atoms with Crippen molar-refractivity contribution < 1.29 is 67.3 Å². The van der Waals surface area contributed by atoms with E-state index in [1.165, 1.54) is 12.9 Å². The van der Waals surface area contributed by atoms with Gasteiger partial charge in [-0.15, -0.1) is 0 Å². The summed E-state index contributed by atoms with van der Waals surface area (Å²) in [5.74, 6) is -5.18. The summed E-state index contributed by atoms with van der Waals surface area (Å²) in [5.41, 5.74) is -2.95. The summed E-state index contributed by atoms with van der Waals surface area (Å²) in [6.07, 6.45) is -2.59. The van der Waals surface area contributed by atoms with Crippen molar-refractivity contribution in [2.24, 2.45) is 0 Å². The van der Waals surface area contributed by atoms with E-state index in [0.717, 1.165) is 0 Å². The molecule has 0 aromatic rings. The standard InChI is InChI=1S/C6H8O7.3CN.Au.Co/c7-3(8)1-6(13,5(11)12)2-4(9)10;3*1-2;;/h13H,1-2H2,(H,7,8)(H,9,10)(H,11,12);;;;;/q;;;;+1;/p-1. The number of hydrogen-bond acceptors (Lipinski definition) is 8. The summed E-state index contributed by atoms with van der Waals surface area (Å²) in [6, 6.07) is 0. The second-order valence-electron chi connectivity index (χ2n) is 3.13. The Balaban J connectivity index is 0. The van der Waals surface area contributed by atoms with E-state index in [1.54, 1.807) is 0 Å². The van der Waals surface area contributed by atoms with E-state index in [1.807, 2.05) is 0 Å². The fourth-order valence-electron chi connectivity index (χ4n) is 0.914. The van der Waals surface area contributed by atoms with Crippen LogP contribution in [0.3, 0.4) is 0 Å². The molecule has 0 heterocycles. The fraction of sp³-hybridized carbons (Fsp3) is 0.333. The Kier molecular flexibility index (Phi) is 8.54. The monoisotopic (exact) mass is 525 g/mol. The number of carboxylic acid groups (broad SMARTS) is 2. The maximum atomic E-state index is 11.4. The first-order valence-corrected chi connectivity index (χ1v) is 8.53. The van der Waals surface area contributed by atoms with Gasteiger partial charge in [-0.25, -0.2) is 0 Å². The third-order valence-electron chi connectivity index (χ3n) is 1.72. The Bertz CT molecular complexity index is 539. The minimum atomic E-state index is -4.73. The molecule has 0 fully saturated rings. The quantitative estimate of drug-likeness (QED) is 0.352. The van der Waals surface area contributed by atoms with E-state index in [2.05, 4.69) is 3.24 Å². The minimum absolute atomic E-state index is 0. The molecule has 0 aliphatic heterocycles. The summed E-state index contributed by atoms with van der Waals surface area (Å²) in [6.45, 7) is 0. The molecule has 0 rings (SSSR count). The summed E-state index contributed by atoms with van der Waals surface area (Å²) >= 11 is -4.73. The van der Waals surface area contributed by atoms with Crippen LogP contribution >= 0.6 is 0 Å². The average molecular weight is 525 g/mol. The summed E-state index contributed by atoms with van der Waals surface area (Å²) < 4.78 is 8.14. The van der Waals surface area contributed by atoms with Crippen molar-refractivity contribution in [2.45, 2.75) is 18.4 Å². The normalized spacial score (nSPS) is 13.0. The first-order chi connectivity index (χ1) is 9.14. The van der Waals surface area contributed by atoms with Gasteiger partial charge in [-0.05, 0) is 0 Å². The molecule has 1 unspecified atom stereocenters. The first kappa shape index (κ1) is 21.4. The van der Waals surface area contributed by atoms with Crippen LogP contribution in [0.25, 0.3) is 0 Å². The van der Waals surface area contributed by atoms with Gasteiger partial charge in [0.15, 0.2) is 0 Å². The van der Waals surface area contributed by atoms with Crippen molar-refractivity contribution in [3.05, 3.63) is 0 Å². The first-order valence-electron chi connectivity index (χ1n) is 4.40. The average Bonchev–Trinajstić information content (AvgIpc) is 2.34. The van der Waals surface area contributed by atoms with Crippen LogP contribution in [-0.2, 0) is 51.9 Å². The van der Waals surface area contributed by atoms with Gasteiger partial charge in [-0.2, -0.15) is 0 Å². The maximum Gasteiger partial charge on any atom is 0 e. The van der Waals surface area contributed by atoms with Crippen LogP contribution in [0.4, 0.5) is 0 Å². The molecule has 120 valence electrons. The number of aliphatic hydroxyl groups is 1. The number of hydrogen-bond donors (Lipinski definition) is 3. The van der Waals surface area contributed by atoms with Crippen LogP contribution < -0.4 is 0 Å². The second-order valence-corrected chi connectivity index (χ2v) is 7.98. The Morgan fingerprint density at radius 2 is 1.48 bits per heavy atom. The van der Waals surface area contributed by atoms with Gasteiger partial charge in [0.2, 0.25) is 0 Å². The van der Waals surface area contributed by atoms with E-state index >= 15 is 0 Å². The molecule has 3 N–H and O–H groups in total. The zero-order chi connectivity index (χ0) is 16.0. The third-order valence-corrected chi connectivity index (χ3v) is 4.93. The van der Waals surface area contributed by atoms with Gasteiger partial charge in [0.25, 0.3) is 0 Å². The van der Waals surface area contributed by atoms with Crippen LogP contribution in [0.5, 0.6) is 0 Å². The van der Waals surface area contributed by atoms with E-state index in [4.69, 9.17) is 26.0 Å². The van der Waals surface area contributed by atoms with Crippen LogP contribution in [0.1, 0.15) is 12.8 Å². The molecule has 12 heteroatoms. The molecule has 0 aromatic carbocycles. The van der Waals surface area contributed by atoms with Gasteiger partial charge in [-0.3, -0.25) is 0 Å². The zero-order valence-electron chi connectivity index (χ0n) is 9.87. The van der Waals surface area contributed by atoms with Crippen LogP contribution in [0, 0.1) is 28.6 Å². The summed E-state index contributed by atoms with van der Waals surface area (Å²) in [7, 11) is 0. The predicted octanol–water partition coefficient (Wildman–Crippen LogP) is -1.28. The number of rotatable bonds is 6. The molecule has 10 nitrogen and oxygen atoms in total. The van der Waals surface area contributed by atoms with Gasteiger partial charge in [0.1, 0.15) is 0 Å². The SMILES string of the molecule is N#[C][Au]([C]#N)([C]#N)[O]C(=O)CC(O)(CC(=O)O)C(=O)O.[Co]. The molecule has 21 heavy (non-hydrogen) atoms. The summed E-state index contributed by atoms with van der Waals surface area (Å²) in [4.78, 5) is 32.6. The topological polar surface area (TPSA) is 192 Å². The maximum absolute atomic E-state index is 11.4. The minimum Gasteiger partial charge on any atom is 0 e. The molecular weight excluding hydrogens is 518 g/mol. The molecule has 0 aliphatic carbocycles. The number of aliphatic carboxylic acids is 2. The number of carboxylic acids is 2. The van der Waals surface area contributed by atoms with Crippen molar-refractivity contribution in [1.29, 1.82) is 15.8 Å². The molecule has 1 radical (unpaired) electrons. The van der Waals surface area contributed by atoms with Crippen molar-refractivity contribution in [3.8, 4) is 12.9 Å². The van der Waals surface area contributed by atoms with Crippen molar-refractivity contribution >= 4 is 17.9 Å². The van der Waals surface area contributed by atoms with Crippen LogP contribution in [0.2, 0.25) is 0 Å². The van der Waals surface area contributed by atoms with Gasteiger partial charge < -0.3 is 0 Å². The van der Waals surface area contributed by atoms with E-state index in [0.29, 0.717) is 0 Å². The molecule has 0 saturated heterocycles. The molecule has 0 amide bonds. The molecule has 0 bridgehead atoms. The van der Waals surface area contributed by atoms with Crippen LogP contribution in [0.15, 0.2) is 0 Å². The van der Waals surface area contributed by atoms with Crippen molar-refractivity contribution in [2.75, 3.05) is 0 Å². The third kappa shape index (κ3) is 5.93. The predicted molar refractivity (Wildman–Crippen MR) is 52.4 cm³/mol. The largest absolute Gasteiger partial charge is 0 e. The zero-order valence-corrected chi connectivity index (χ0v) is 13.1. The van der Waals surface area contributed by atoms with Crippen LogP contribution in [-0.4, -0.2) is 38.8 Å². The van der Waals surface area contributed by atoms with Crippen molar-refractivity contribution in [3.63, 3.8) is 0 Å². The van der Waals surface area contributed by atoms with Gasteiger partial charge >= 0.3 is 115 Å². The summed E-state index contributed by atoms with van der Waals surface area (Å²) in [5, 5.41) is 52.5. The number of nitriles is 3. The van der Waals surface area contributed by atoms with E-state index in [-0.39, 0.29) is 16.8 Å². The Labute approximate surface area is 132 Å². The van der Waals surface area contributed by atoms with Gasteiger partial charge in [-0.1, -0.05) is 0 Å². The Morgan fingerprint density at radius 1 is 1.05 bits per heavy atom. The number of carbonyl (C=O) groups is 3. The molecule has 0 saturated carbocycles. The second kappa shape index (κ2) is 8.39. The van der Waals surface area contributed by atoms with E-state index in [9.17, 15) is 19.5 Å². The fourth-order valence-corrected chi connectivity index (χ4v) is 2.43. The molecule has 0 aliphatic rings. The smallest absolute Gasteiger partial charge is 0 e. The molecule has 1 atom stereocenters. The molecule has 0 aromatic heterocycles. The van der Waals surface area contributed by atoms with E-state index < -0.39 is 53.9 Å². The van der Waals surface area contributed by atoms with Crippen molar-refractivity contribution in [1.82, 2.24) is 0 Å². The number of carbonyl (C=O) groups excluding carboxylic acids is 1. The van der Waals surface area contributed by atoms with Gasteiger partial charge in [0.05, 0.1) is 0 Å².